The smallest absolute Gasteiger partial charge is 0.171 e. The summed E-state index contributed by atoms with van der Waals surface area (Å²) in [6, 6.07) is 6.55. The number of amidine groups is 2. The van der Waals surface area contributed by atoms with Gasteiger partial charge in [-0.1, -0.05) is 84.5 Å². The van der Waals surface area contributed by atoms with E-state index in [0.717, 1.165) is 36.0 Å². The molecule has 0 radical (unpaired) electrons. The average Bonchev–Trinajstić information content (AvgIpc) is 2.73. The average molecular weight is 433 g/mol. The van der Waals surface area contributed by atoms with E-state index in [-0.39, 0.29) is 6.04 Å². The second kappa shape index (κ2) is 9.89. The molecule has 4 heteroatoms. The first-order valence-electron chi connectivity index (χ1n) is 11.9. The standard InChI is InChI=1S/C28H40N4/c1-18(2)22-13-10-12-21(7)25(22)29-27-28(32(9)17-16-31(27)8)30-26-23(19(3)4)14-11-15-24(26)20(5)6/h10-15,18-20,25H,7,16-17H2,1-6,8-9H3. The van der Waals surface area contributed by atoms with Crippen molar-refractivity contribution in [3.8, 4) is 0 Å². The van der Waals surface area contributed by atoms with Crippen LogP contribution in [0.15, 0.2) is 64.1 Å². The van der Waals surface area contributed by atoms with Crippen molar-refractivity contribution < 1.29 is 0 Å². The van der Waals surface area contributed by atoms with Crippen LogP contribution in [-0.4, -0.2) is 54.7 Å². The van der Waals surface area contributed by atoms with Gasteiger partial charge >= 0.3 is 0 Å². The van der Waals surface area contributed by atoms with Gasteiger partial charge in [-0.05, 0) is 40.0 Å². The van der Waals surface area contributed by atoms with Crippen molar-refractivity contribution in [2.45, 2.75) is 59.4 Å². The zero-order chi connectivity index (χ0) is 23.6. The van der Waals surface area contributed by atoms with E-state index in [1.165, 1.54) is 16.7 Å². The molecule has 1 aliphatic heterocycles. The van der Waals surface area contributed by atoms with E-state index in [1.54, 1.807) is 0 Å². The first-order chi connectivity index (χ1) is 15.1. The van der Waals surface area contributed by atoms with Crippen molar-refractivity contribution in [3.05, 3.63) is 65.3 Å². The molecule has 0 N–H and O–H groups in total. The summed E-state index contributed by atoms with van der Waals surface area (Å²) < 4.78 is 0. The molecule has 4 nitrogen and oxygen atoms in total. The van der Waals surface area contributed by atoms with Crippen LogP contribution >= 0.6 is 0 Å². The van der Waals surface area contributed by atoms with Crippen molar-refractivity contribution in [3.63, 3.8) is 0 Å². The summed E-state index contributed by atoms with van der Waals surface area (Å²) in [4.78, 5) is 15.1. The molecule has 2 aliphatic rings. The highest BCUT2D eigenvalue weighted by molar-refractivity contribution is 6.41. The lowest BCUT2D eigenvalue weighted by Crippen LogP contribution is -2.51. The lowest BCUT2D eigenvalue weighted by atomic mass is 9.88. The maximum absolute atomic E-state index is 5.34. The Hall–Kier alpha value is -2.62. The summed E-state index contributed by atoms with van der Waals surface area (Å²) >= 11 is 0. The lowest BCUT2D eigenvalue weighted by molar-refractivity contribution is 0.384. The molecule has 1 saturated heterocycles. The normalized spacial score (nSPS) is 22.2. The van der Waals surface area contributed by atoms with Gasteiger partial charge in [0.15, 0.2) is 11.7 Å². The summed E-state index contributed by atoms with van der Waals surface area (Å²) in [5.41, 5.74) is 6.02. The van der Waals surface area contributed by atoms with Gasteiger partial charge in [0, 0.05) is 27.2 Å². The minimum absolute atomic E-state index is 0.0425. The quantitative estimate of drug-likeness (QED) is 0.545. The van der Waals surface area contributed by atoms with Crippen LogP contribution in [-0.2, 0) is 0 Å². The molecule has 3 rings (SSSR count). The molecule has 1 aliphatic carbocycles. The molecule has 0 amide bonds. The first-order valence-corrected chi connectivity index (χ1v) is 11.9. The number of benzene rings is 1. The number of nitrogens with zero attached hydrogens (tertiary/aromatic N) is 4. The Bertz CT molecular complexity index is 949. The van der Waals surface area contributed by atoms with Crippen LogP contribution in [0.1, 0.15) is 64.5 Å². The molecule has 1 fully saturated rings. The Morgan fingerprint density at radius 1 is 0.875 bits per heavy atom. The molecular weight excluding hydrogens is 392 g/mol. The molecule has 1 unspecified atom stereocenters. The Balaban J connectivity index is 2.19. The van der Waals surface area contributed by atoms with Gasteiger partial charge in [-0.25, -0.2) is 4.99 Å². The Morgan fingerprint density at radius 3 is 1.97 bits per heavy atom. The van der Waals surface area contributed by atoms with E-state index in [4.69, 9.17) is 9.98 Å². The number of rotatable bonds is 5. The first kappa shape index (κ1) is 24.0. The minimum Gasteiger partial charge on any atom is -0.355 e. The Labute approximate surface area is 195 Å². The molecule has 1 aromatic rings. The SMILES string of the molecule is C=C1C=CC=C(C(C)C)C1N=C1C(=Nc2c(C(C)C)cccc2C(C)C)N(C)CCN1C. The van der Waals surface area contributed by atoms with Gasteiger partial charge in [-0.3, -0.25) is 4.99 Å². The molecule has 0 saturated carbocycles. The third-order valence-electron chi connectivity index (χ3n) is 6.44. The maximum atomic E-state index is 5.34. The summed E-state index contributed by atoms with van der Waals surface area (Å²) in [6.45, 7) is 19.6. The van der Waals surface area contributed by atoms with Crippen LogP contribution in [0.25, 0.3) is 0 Å². The van der Waals surface area contributed by atoms with E-state index < -0.39 is 0 Å². The largest absolute Gasteiger partial charge is 0.355 e. The van der Waals surface area contributed by atoms with Crippen molar-refractivity contribution in [2.24, 2.45) is 15.9 Å². The Morgan fingerprint density at radius 2 is 1.44 bits per heavy atom. The van der Waals surface area contributed by atoms with E-state index in [9.17, 15) is 0 Å². The maximum Gasteiger partial charge on any atom is 0.171 e. The van der Waals surface area contributed by atoms with Gasteiger partial charge in [0.1, 0.15) is 0 Å². The third-order valence-corrected chi connectivity index (χ3v) is 6.44. The van der Waals surface area contributed by atoms with E-state index >= 15 is 0 Å². The highest BCUT2D eigenvalue weighted by Crippen LogP contribution is 2.35. The van der Waals surface area contributed by atoms with Gasteiger partial charge in [0.25, 0.3) is 0 Å². The van der Waals surface area contributed by atoms with Gasteiger partial charge in [0.2, 0.25) is 0 Å². The fraction of sp³-hybridized carbons (Fsp3) is 0.500. The van der Waals surface area contributed by atoms with Crippen molar-refractivity contribution in [1.29, 1.82) is 0 Å². The van der Waals surface area contributed by atoms with Crippen LogP contribution in [0.2, 0.25) is 0 Å². The third kappa shape index (κ3) is 4.90. The van der Waals surface area contributed by atoms with Gasteiger partial charge in [0.05, 0.1) is 11.7 Å². The van der Waals surface area contributed by atoms with Crippen LogP contribution in [0.5, 0.6) is 0 Å². The van der Waals surface area contributed by atoms with Gasteiger partial charge in [-0.2, -0.15) is 0 Å². The Kier molecular flexibility index (Phi) is 7.43. The van der Waals surface area contributed by atoms with Crippen molar-refractivity contribution in [1.82, 2.24) is 9.80 Å². The molecule has 32 heavy (non-hydrogen) atoms. The number of aliphatic imine (C=N–C) groups is 2. The van der Waals surface area contributed by atoms with Crippen molar-refractivity contribution >= 4 is 17.4 Å². The number of para-hydroxylation sites is 1. The summed E-state index contributed by atoms with van der Waals surface area (Å²) in [7, 11) is 4.25. The fourth-order valence-electron chi connectivity index (χ4n) is 4.36. The molecular formula is C28H40N4. The topological polar surface area (TPSA) is 31.2 Å². The van der Waals surface area contributed by atoms with Crippen LogP contribution in [0, 0.1) is 5.92 Å². The zero-order valence-electron chi connectivity index (χ0n) is 21.2. The monoisotopic (exact) mass is 432 g/mol. The molecule has 0 spiro atoms. The number of piperazine rings is 1. The number of hydrogen-bond donors (Lipinski definition) is 0. The number of allylic oxidation sites excluding steroid dienone is 2. The van der Waals surface area contributed by atoms with E-state index in [1.807, 2.05) is 0 Å². The van der Waals surface area contributed by atoms with Crippen LogP contribution < -0.4 is 0 Å². The van der Waals surface area contributed by atoms with E-state index in [0.29, 0.717) is 17.8 Å². The molecule has 1 heterocycles. The predicted molar refractivity (Wildman–Crippen MR) is 139 cm³/mol. The number of likely N-dealkylation sites (N-methyl/N-ethyl adjacent to an activating group) is 2. The van der Waals surface area contributed by atoms with Crippen LogP contribution in [0.4, 0.5) is 5.69 Å². The second-order valence-corrected chi connectivity index (χ2v) is 9.98. The number of hydrogen-bond acceptors (Lipinski definition) is 2. The lowest BCUT2D eigenvalue weighted by Gasteiger charge is -2.36. The zero-order valence-corrected chi connectivity index (χ0v) is 21.2. The summed E-state index contributed by atoms with van der Waals surface area (Å²) in [5.74, 6) is 3.10. The van der Waals surface area contributed by atoms with Crippen molar-refractivity contribution in [2.75, 3.05) is 27.2 Å². The minimum atomic E-state index is -0.0425. The summed E-state index contributed by atoms with van der Waals surface area (Å²) in [5, 5.41) is 0. The van der Waals surface area contributed by atoms with E-state index in [2.05, 4.69) is 108 Å². The molecule has 1 atom stereocenters. The van der Waals surface area contributed by atoms with Gasteiger partial charge < -0.3 is 9.80 Å². The highest BCUT2D eigenvalue weighted by atomic mass is 15.3. The summed E-state index contributed by atoms with van der Waals surface area (Å²) in [6.07, 6.45) is 6.37. The van der Waals surface area contributed by atoms with Gasteiger partial charge in [-0.15, -0.1) is 0 Å². The predicted octanol–water partition coefficient (Wildman–Crippen LogP) is 6.32. The molecule has 172 valence electrons. The van der Waals surface area contributed by atoms with Crippen LogP contribution in [0.3, 0.4) is 0 Å². The fourth-order valence-corrected chi connectivity index (χ4v) is 4.36. The molecule has 0 bridgehead atoms. The highest BCUT2D eigenvalue weighted by Gasteiger charge is 2.29. The molecule has 0 aromatic heterocycles. The molecule has 1 aromatic carbocycles. The second-order valence-electron chi connectivity index (χ2n) is 9.98.